The van der Waals surface area contributed by atoms with Crippen molar-refractivity contribution < 1.29 is 20.1 Å². The Bertz CT molecular complexity index is 1990. The number of hydrogen-bond donors (Lipinski definition) is 0. The van der Waals surface area contributed by atoms with E-state index in [1.807, 2.05) is 54.9 Å². The van der Waals surface area contributed by atoms with Crippen LogP contribution in [0.4, 0.5) is 0 Å². The number of rotatable bonds is 4. The third-order valence-corrected chi connectivity index (χ3v) is 12.1. The summed E-state index contributed by atoms with van der Waals surface area (Å²) in [6.45, 7) is 4.35. The monoisotopic (exact) mass is 812 g/mol. The largest absolute Gasteiger partial charge is 0 e. The SMILES string of the molecule is Cc1cccc(C)c1-n1c2ccccc2c2cnc(-c3[c-]cccc3)cc21.[CH3][Ge]([CH3])([CH3])[c]1ccc(-c2[c-]cccc2)nc1.[Ir]. The van der Waals surface area contributed by atoms with Crippen LogP contribution in [0.25, 0.3) is 50.0 Å². The molecule has 7 rings (SSSR count). The molecular weight excluding hydrogens is 775 g/mol. The fourth-order valence-corrected chi connectivity index (χ4v) is 7.68. The Morgan fingerprint density at radius 1 is 0.591 bits per heavy atom. The second kappa shape index (κ2) is 13.4. The van der Waals surface area contributed by atoms with E-state index in [-0.39, 0.29) is 20.1 Å². The van der Waals surface area contributed by atoms with Gasteiger partial charge in [-0.1, -0.05) is 42.5 Å². The summed E-state index contributed by atoms with van der Waals surface area (Å²) < 4.78 is 3.82. The number of pyridine rings is 2. The molecule has 0 fully saturated rings. The quantitative estimate of drug-likeness (QED) is 0.131. The summed E-state index contributed by atoms with van der Waals surface area (Å²) in [6, 6.07) is 44.0. The van der Waals surface area contributed by atoms with E-state index >= 15 is 0 Å². The number of nitrogens with zero attached hydrogens (tertiary/aromatic N) is 3. The Morgan fingerprint density at radius 2 is 1.20 bits per heavy atom. The molecule has 0 aliphatic rings. The standard InChI is InChI=1S/C25H19N2.C14H16GeN.Ir/c1-17-9-8-10-18(2)25(17)27-23-14-7-6-13-20(23)21-16-26-22(15-24(21)27)19-11-4-3-5-12-19;1-15(2,3)13-9-10-14(16-11-13)12-7-5-4-6-8-12;/h3-11,13-16H,1-2H3;4-7,9-11H,1-3H3;/q2*-1;. The summed E-state index contributed by atoms with van der Waals surface area (Å²) in [5.74, 6) is 7.14. The molecule has 0 spiro atoms. The molecule has 0 unspecified atom stereocenters. The zero-order valence-electron chi connectivity index (χ0n) is 25.7. The van der Waals surface area contributed by atoms with Crippen LogP contribution in [0.3, 0.4) is 0 Å². The van der Waals surface area contributed by atoms with Crippen LogP contribution in [-0.2, 0) is 20.1 Å². The predicted molar refractivity (Wildman–Crippen MR) is 184 cm³/mol. The Balaban J connectivity index is 0.000000194. The average molecular weight is 811 g/mol. The van der Waals surface area contributed by atoms with Crippen LogP contribution in [0.2, 0.25) is 17.3 Å². The predicted octanol–water partition coefficient (Wildman–Crippen LogP) is 9.35. The van der Waals surface area contributed by atoms with E-state index in [1.165, 1.54) is 43.0 Å². The minimum absolute atomic E-state index is 0. The van der Waals surface area contributed by atoms with Crippen molar-refractivity contribution in [2.75, 3.05) is 0 Å². The maximum absolute atomic E-state index is 4.73. The van der Waals surface area contributed by atoms with Crippen molar-refractivity contribution in [3.05, 3.63) is 145 Å². The summed E-state index contributed by atoms with van der Waals surface area (Å²) in [5, 5.41) is 2.40. The van der Waals surface area contributed by atoms with Crippen LogP contribution in [0.5, 0.6) is 0 Å². The smallest absolute Gasteiger partial charge is 0 e. The maximum Gasteiger partial charge on any atom is 0 e. The summed E-state index contributed by atoms with van der Waals surface area (Å²) in [6.07, 6.45) is 4.04. The van der Waals surface area contributed by atoms with Crippen LogP contribution in [0.15, 0.2) is 122 Å². The molecule has 0 atom stereocenters. The van der Waals surface area contributed by atoms with Gasteiger partial charge in [-0.3, -0.25) is 0 Å². The van der Waals surface area contributed by atoms with Gasteiger partial charge in [0.25, 0.3) is 0 Å². The van der Waals surface area contributed by atoms with Gasteiger partial charge in [0, 0.05) is 42.6 Å². The molecule has 0 bridgehead atoms. The molecule has 44 heavy (non-hydrogen) atoms. The fourth-order valence-electron chi connectivity index (χ4n) is 5.51. The first-order chi connectivity index (χ1) is 20.8. The minimum atomic E-state index is -1.72. The van der Waals surface area contributed by atoms with E-state index in [4.69, 9.17) is 4.98 Å². The molecule has 3 aromatic heterocycles. The van der Waals surface area contributed by atoms with E-state index < -0.39 is 13.3 Å². The van der Waals surface area contributed by atoms with E-state index in [0.29, 0.717) is 0 Å². The summed E-state index contributed by atoms with van der Waals surface area (Å²) in [4.78, 5) is 9.27. The minimum Gasteiger partial charge on any atom is 0 e. The first-order valence-corrected chi connectivity index (χ1v) is 22.0. The first kappa shape index (κ1) is 31.6. The second-order valence-electron chi connectivity index (χ2n) is 11.9. The van der Waals surface area contributed by atoms with Crippen molar-refractivity contribution >= 4 is 39.5 Å². The van der Waals surface area contributed by atoms with Crippen molar-refractivity contribution in [3.8, 4) is 28.2 Å². The summed E-state index contributed by atoms with van der Waals surface area (Å²) >= 11 is -1.72. The number of aromatic nitrogens is 3. The normalized spacial score (nSPS) is 11.1. The van der Waals surface area contributed by atoms with Gasteiger partial charge in [-0.15, -0.1) is 35.9 Å². The summed E-state index contributed by atoms with van der Waals surface area (Å²) in [7, 11) is 0. The fraction of sp³-hybridized carbons (Fsp3) is 0.128. The Hall–Kier alpha value is -3.83. The van der Waals surface area contributed by atoms with Gasteiger partial charge in [0.2, 0.25) is 0 Å². The third-order valence-electron chi connectivity index (χ3n) is 7.82. The Morgan fingerprint density at radius 3 is 1.80 bits per heavy atom. The third kappa shape index (κ3) is 6.49. The molecule has 0 saturated carbocycles. The Labute approximate surface area is 276 Å². The number of hydrogen-bond acceptors (Lipinski definition) is 2. The first-order valence-electron chi connectivity index (χ1n) is 14.7. The van der Waals surface area contributed by atoms with Crippen molar-refractivity contribution in [1.29, 1.82) is 0 Å². The molecule has 0 amide bonds. The van der Waals surface area contributed by atoms with E-state index in [2.05, 4.69) is 120 Å². The molecule has 1 radical (unpaired) electrons. The molecule has 3 heterocycles. The molecular formula is C39H35GeIrN3-2. The van der Waals surface area contributed by atoms with Gasteiger partial charge >= 0.3 is 99.8 Å². The number of fused-ring (bicyclic) bond motifs is 3. The summed E-state index contributed by atoms with van der Waals surface area (Å²) in [5.41, 5.74) is 10.2. The van der Waals surface area contributed by atoms with Gasteiger partial charge in [0.15, 0.2) is 0 Å². The Kier molecular flexibility index (Phi) is 9.65. The zero-order chi connectivity index (χ0) is 30.0. The molecule has 3 nitrogen and oxygen atoms in total. The number of para-hydroxylation sites is 2. The van der Waals surface area contributed by atoms with Crippen molar-refractivity contribution in [1.82, 2.24) is 14.5 Å². The molecule has 0 aliphatic heterocycles. The van der Waals surface area contributed by atoms with Crippen LogP contribution in [0.1, 0.15) is 11.1 Å². The van der Waals surface area contributed by atoms with Gasteiger partial charge in [-0.05, 0) is 36.7 Å². The van der Waals surface area contributed by atoms with Crippen LogP contribution in [-0.4, -0.2) is 27.8 Å². The molecule has 0 N–H and O–H groups in total. The van der Waals surface area contributed by atoms with Crippen LogP contribution in [0, 0.1) is 26.0 Å². The van der Waals surface area contributed by atoms with Crippen LogP contribution >= 0.6 is 0 Å². The molecule has 221 valence electrons. The topological polar surface area (TPSA) is 30.7 Å². The van der Waals surface area contributed by atoms with Gasteiger partial charge in [0.05, 0.1) is 11.2 Å². The van der Waals surface area contributed by atoms with Gasteiger partial charge in [0.1, 0.15) is 0 Å². The molecule has 0 saturated heterocycles. The maximum atomic E-state index is 4.73. The molecule has 7 aromatic rings. The van der Waals surface area contributed by atoms with Crippen LogP contribution < -0.4 is 4.40 Å². The number of benzene rings is 4. The van der Waals surface area contributed by atoms with E-state index in [9.17, 15) is 0 Å². The van der Waals surface area contributed by atoms with E-state index in [1.54, 1.807) is 0 Å². The van der Waals surface area contributed by atoms with Crippen molar-refractivity contribution in [2.24, 2.45) is 0 Å². The molecule has 5 heteroatoms. The van der Waals surface area contributed by atoms with Gasteiger partial charge in [-0.25, -0.2) is 0 Å². The van der Waals surface area contributed by atoms with Crippen molar-refractivity contribution in [3.63, 3.8) is 0 Å². The zero-order valence-corrected chi connectivity index (χ0v) is 30.2. The average Bonchev–Trinajstić information content (AvgIpc) is 3.35. The van der Waals surface area contributed by atoms with Gasteiger partial charge < -0.3 is 9.55 Å². The second-order valence-corrected chi connectivity index (χ2v) is 22.6. The van der Waals surface area contributed by atoms with Gasteiger partial charge in [-0.2, -0.15) is 0 Å². The number of aryl methyl sites for hydroxylation is 2. The van der Waals surface area contributed by atoms with E-state index in [0.717, 1.165) is 22.5 Å². The molecule has 4 aromatic carbocycles. The van der Waals surface area contributed by atoms with Crippen molar-refractivity contribution in [2.45, 2.75) is 31.1 Å². The molecule has 0 aliphatic carbocycles.